The Morgan fingerprint density at radius 3 is 2.46 bits per heavy atom. The zero-order chi connectivity index (χ0) is 25.3. The second kappa shape index (κ2) is 9.56. The average Bonchev–Trinajstić information content (AvgIpc) is 3.20. The van der Waals surface area contributed by atoms with E-state index in [9.17, 15) is 9.18 Å². The molecule has 9 heteroatoms. The van der Waals surface area contributed by atoms with Gasteiger partial charge in [-0.25, -0.2) is 24.1 Å². The number of aromatic nitrogens is 4. The molecule has 0 aliphatic carbocycles. The number of nitrogens with one attached hydrogen (secondary N) is 1. The molecule has 1 fully saturated rings. The summed E-state index contributed by atoms with van der Waals surface area (Å²) in [5.74, 6) is 1.40. The van der Waals surface area contributed by atoms with Gasteiger partial charge in [0, 0.05) is 24.2 Å². The largest absolute Gasteiger partial charge is 0.447 e. The summed E-state index contributed by atoms with van der Waals surface area (Å²) >= 11 is 0. The van der Waals surface area contributed by atoms with Gasteiger partial charge in [-0.05, 0) is 47.6 Å². The van der Waals surface area contributed by atoms with Gasteiger partial charge in [-0.15, -0.1) is 0 Å². The van der Waals surface area contributed by atoms with Crippen LogP contribution >= 0.6 is 0 Å². The highest BCUT2D eigenvalue weighted by molar-refractivity contribution is 5.89. The van der Waals surface area contributed by atoms with Crippen LogP contribution in [0.4, 0.5) is 21.0 Å². The summed E-state index contributed by atoms with van der Waals surface area (Å²) in [6, 6.07) is 6.39. The molecule has 1 N–H and O–H groups in total. The Kier molecular flexibility index (Phi) is 6.69. The summed E-state index contributed by atoms with van der Waals surface area (Å²) < 4.78 is 19.5. The minimum Gasteiger partial charge on any atom is -0.447 e. The molecule has 184 valence electrons. The van der Waals surface area contributed by atoms with E-state index in [2.05, 4.69) is 25.3 Å². The minimum absolute atomic E-state index is 0.0798. The quantitative estimate of drug-likeness (QED) is 0.498. The summed E-state index contributed by atoms with van der Waals surface area (Å²) in [5, 5.41) is 3.20. The lowest BCUT2D eigenvalue weighted by molar-refractivity contribution is 0.177. The number of hydrogen-bond donors (Lipinski definition) is 1. The Morgan fingerprint density at radius 2 is 1.80 bits per heavy atom. The maximum absolute atomic E-state index is 14.3. The second-order valence-electron chi connectivity index (χ2n) is 10.1. The van der Waals surface area contributed by atoms with Gasteiger partial charge in [-0.3, -0.25) is 4.90 Å². The third-order valence-corrected chi connectivity index (χ3v) is 6.08. The van der Waals surface area contributed by atoms with Gasteiger partial charge in [0.25, 0.3) is 0 Å². The van der Waals surface area contributed by atoms with Crippen LogP contribution in [-0.4, -0.2) is 38.7 Å². The number of nitrogens with zero attached hydrogens (tertiary/aromatic N) is 5. The van der Waals surface area contributed by atoms with Crippen molar-refractivity contribution in [3.05, 3.63) is 60.1 Å². The molecule has 4 rings (SSSR count). The first kappa shape index (κ1) is 24.5. The van der Waals surface area contributed by atoms with Crippen LogP contribution in [0.25, 0.3) is 11.1 Å². The maximum atomic E-state index is 14.3. The third-order valence-electron chi connectivity index (χ3n) is 6.08. The van der Waals surface area contributed by atoms with Crippen molar-refractivity contribution >= 4 is 17.9 Å². The number of carbonyl (C=O) groups excluding carboxylic acids is 1. The third kappa shape index (κ3) is 5.23. The van der Waals surface area contributed by atoms with Crippen molar-refractivity contribution in [2.75, 3.05) is 16.8 Å². The topological polar surface area (TPSA) is 93.1 Å². The van der Waals surface area contributed by atoms with E-state index < -0.39 is 6.09 Å². The van der Waals surface area contributed by atoms with Gasteiger partial charge in [-0.1, -0.05) is 40.7 Å². The molecule has 1 aliphatic heterocycles. The van der Waals surface area contributed by atoms with Gasteiger partial charge < -0.3 is 10.1 Å². The highest BCUT2D eigenvalue weighted by Crippen LogP contribution is 2.30. The number of carbonyl (C=O) groups is 1. The number of cyclic esters (lactones) is 1. The summed E-state index contributed by atoms with van der Waals surface area (Å²) in [4.78, 5) is 31.7. The van der Waals surface area contributed by atoms with E-state index in [0.717, 1.165) is 11.1 Å². The number of rotatable bonds is 6. The van der Waals surface area contributed by atoms with Crippen LogP contribution in [0.15, 0.2) is 42.9 Å². The molecule has 1 amide bonds. The normalized spacial score (nSPS) is 17.0. The van der Waals surface area contributed by atoms with Crippen LogP contribution < -0.4 is 10.2 Å². The van der Waals surface area contributed by atoms with Crippen LogP contribution in [0.3, 0.4) is 0 Å². The monoisotopic (exact) mass is 478 g/mol. The van der Waals surface area contributed by atoms with Crippen LogP contribution in [0.1, 0.15) is 59.0 Å². The van der Waals surface area contributed by atoms with E-state index in [-0.39, 0.29) is 29.2 Å². The Labute approximate surface area is 205 Å². The van der Waals surface area contributed by atoms with Crippen molar-refractivity contribution in [1.29, 1.82) is 0 Å². The van der Waals surface area contributed by atoms with Crippen LogP contribution in [0, 0.1) is 11.7 Å². The van der Waals surface area contributed by atoms with Crippen molar-refractivity contribution in [2.24, 2.45) is 5.92 Å². The first-order chi connectivity index (χ1) is 16.5. The highest BCUT2D eigenvalue weighted by atomic mass is 19.1. The fourth-order valence-corrected chi connectivity index (χ4v) is 3.99. The predicted molar refractivity (Wildman–Crippen MR) is 133 cm³/mol. The number of anilines is 2. The lowest BCUT2D eigenvalue weighted by Gasteiger charge is -2.23. The molecule has 8 nitrogen and oxygen atoms in total. The van der Waals surface area contributed by atoms with Crippen LogP contribution in [0.5, 0.6) is 0 Å². The molecule has 1 aromatic carbocycles. The molecule has 35 heavy (non-hydrogen) atoms. The first-order valence-electron chi connectivity index (χ1n) is 11.7. The van der Waals surface area contributed by atoms with Gasteiger partial charge in [0.05, 0.1) is 12.1 Å². The van der Waals surface area contributed by atoms with Crippen molar-refractivity contribution in [2.45, 2.75) is 59.0 Å². The lowest BCUT2D eigenvalue weighted by Crippen LogP contribution is -2.37. The molecule has 0 radical (unpaired) electrons. The first-order valence-corrected chi connectivity index (χ1v) is 11.7. The molecule has 3 heterocycles. The molecule has 2 atom stereocenters. The minimum atomic E-state index is -0.407. The van der Waals surface area contributed by atoms with E-state index in [4.69, 9.17) is 4.74 Å². The Bertz CT molecular complexity index is 1210. The zero-order valence-electron chi connectivity index (χ0n) is 20.9. The number of benzene rings is 1. The molecule has 0 bridgehead atoms. The average molecular weight is 479 g/mol. The zero-order valence-corrected chi connectivity index (χ0v) is 20.9. The van der Waals surface area contributed by atoms with Gasteiger partial charge in [0.2, 0.25) is 5.95 Å². The molecule has 2 aromatic heterocycles. The van der Waals surface area contributed by atoms with E-state index >= 15 is 0 Å². The maximum Gasteiger partial charge on any atom is 0.415 e. The molecule has 0 spiro atoms. The smallest absolute Gasteiger partial charge is 0.415 e. The predicted octanol–water partition coefficient (Wildman–Crippen LogP) is 5.52. The number of hydrogen-bond acceptors (Lipinski definition) is 7. The van der Waals surface area contributed by atoms with E-state index in [1.807, 2.05) is 47.6 Å². The van der Waals surface area contributed by atoms with Gasteiger partial charge in [0.1, 0.15) is 24.1 Å². The molecule has 1 aliphatic rings. The van der Waals surface area contributed by atoms with Gasteiger partial charge >= 0.3 is 6.09 Å². The summed E-state index contributed by atoms with van der Waals surface area (Å²) in [5.41, 5.74) is 2.00. The standard InChI is InChI=1S/C26H31FN6O2/c1-15(2)21-14-35-25(34)33(21)22-9-10-28-24(32-22)31-16(3)23-29-12-18(13-30-23)17-7-8-20(27)19(11-17)26(4,5)6/h7-13,15-16,21H,14H2,1-6H3,(H,28,31,32)/t16-,21+/m0/s1. The summed E-state index contributed by atoms with van der Waals surface area (Å²) in [6.07, 6.45) is 4.65. The molecular weight excluding hydrogens is 447 g/mol. The van der Waals surface area contributed by atoms with Crippen molar-refractivity contribution in [1.82, 2.24) is 19.9 Å². The van der Waals surface area contributed by atoms with E-state index in [0.29, 0.717) is 29.8 Å². The number of halogens is 1. The van der Waals surface area contributed by atoms with Gasteiger partial charge in [0.15, 0.2) is 0 Å². The fraction of sp³-hybridized carbons (Fsp3) is 0.423. The highest BCUT2D eigenvalue weighted by Gasteiger charge is 2.37. The summed E-state index contributed by atoms with van der Waals surface area (Å²) in [7, 11) is 0. The second-order valence-corrected chi connectivity index (χ2v) is 10.1. The summed E-state index contributed by atoms with van der Waals surface area (Å²) in [6.45, 7) is 12.3. The molecule has 0 unspecified atom stereocenters. The number of ether oxygens (including phenoxy) is 1. The van der Waals surface area contributed by atoms with Crippen LogP contribution in [0.2, 0.25) is 0 Å². The SMILES string of the molecule is CC(C)[C@H]1COC(=O)N1c1ccnc(N[C@@H](C)c2ncc(-c3ccc(F)c(C(C)(C)C)c3)cn2)n1. The molecular formula is C26H31FN6O2. The van der Waals surface area contributed by atoms with Crippen molar-refractivity contribution in [3.8, 4) is 11.1 Å². The fourth-order valence-electron chi connectivity index (χ4n) is 3.99. The van der Waals surface area contributed by atoms with Gasteiger partial charge in [-0.2, -0.15) is 4.98 Å². The Morgan fingerprint density at radius 1 is 1.09 bits per heavy atom. The van der Waals surface area contributed by atoms with Crippen molar-refractivity contribution in [3.63, 3.8) is 0 Å². The molecule has 0 saturated carbocycles. The lowest BCUT2D eigenvalue weighted by atomic mass is 9.85. The number of amides is 1. The van der Waals surface area contributed by atoms with E-state index in [1.54, 1.807) is 35.6 Å². The van der Waals surface area contributed by atoms with Crippen LogP contribution in [-0.2, 0) is 10.2 Å². The molecule has 3 aromatic rings. The van der Waals surface area contributed by atoms with Crippen molar-refractivity contribution < 1.29 is 13.9 Å². The Hall–Kier alpha value is -3.62. The van der Waals surface area contributed by atoms with E-state index in [1.165, 1.54) is 6.07 Å². The molecule has 1 saturated heterocycles. The Balaban J connectivity index is 1.50.